The summed E-state index contributed by atoms with van der Waals surface area (Å²) in [5, 5.41) is 8.50. The van der Waals surface area contributed by atoms with Gasteiger partial charge in [0.25, 0.3) is 0 Å². The van der Waals surface area contributed by atoms with Crippen LogP contribution in [0, 0.1) is 0 Å². The van der Waals surface area contributed by atoms with Crippen molar-refractivity contribution in [2.45, 2.75) is 13.3 Å². The van der Waals surface area contributed by atoms with Gasteiger partial charge >= 0.3 is 0 Å². The summed E-state index contributed by atoms with van der Waals surface area (Å²) in [6.45, 7) is 2.26. The number of nitrogens with two attached hydrogens (primary N) is 1. The van der Waals surface area contributed by atoms with Gasteiger partial charge in [0.05, 0.1) is 6.42 Å². The molecule has 0 radical (unpaired) electrons. The number of rotatable bonds is 7. The Morgan fingerprint density at radius 3 is 2.58 bits per heavy atom. The van der Waals surface area contributed by atoms with Gasteiger partial charge in [-0.05, 0) is 46.9 Å². The molecule has 0 bridgehead atoms. The van der Waals surface area contributed by atoms with Crippen LogP contribution in [0.3, 0.4) is 0 Å². The Bertz CT molecular complexity index is 869. The molecule has 1 aliphatic carbocycles. The zero-order valence-corrected chi connectivity index (χ0v) is 14.6. The molecule has 5 heteroatoms. The van der Waals surface area contributed by atoms with Crippen molar-refractivity contribution in [1.29, 1.82) is 0 Å². The van der Waals surface area contributed by atoms with Gasteiger partial charge in [0.15, 0.2) is 0 Å². The van der Waals surface area contributed by atoms with Crippen LogP contribution in [0.5, 0.6) is 5.75 Å². The Balaban J connectivity index is 2.10. The van der Waals surface area contributed by atoms with E-state index in [4.69, 9.17) is 15.7 Å². The van der Waals surface area contributed by atoms with Gasteiger partial charge in [-0.3, -0.25) is 10.1 Å². The first-order valence-electron chi connectivity index (χ1n) is 8.40. The zero-order chi connectivity index (χ0) is 18.5. The van der Waals surface area contributed by atoms with Crippen LogP contribution < -0.4 is 10.5 Å². The lowest BCUT2D eigenvalue weighted by Gasteiger charge is -2.12. The molecule has 5 nitrogen and oxygen atoms in total. The molecule has 0 aliphatic heterocycles. The second kappa shape index (κ2) is 7.99. The Kier molecular flexibility index (Phi) is 5.51. The molecule has 1 aliphatic rings. The third kappa shape index (κ3) is 3.69. The second-order valence-electron chi connectivity index (χ2n) is 6.08. The van der Waals surface area contributed by atoms with Crippen molar-refractivity contribution in [3.8, 4) is 5.75 Å². The van der Waals surface area contributed by atoms with E-state index in [9.17, 15) is 4.79 Å². The number of allylic oxidation sites excluding steroid dienone is 2. The molecule has 0 atom stereocenters. The first-order valence-corrected chi connectivity index (χ1v) is 8.40. The minimum Gasteiger partial charge on any atom is -0.490 e. The summed E-state index contributed by atoms with van der Waals surface area (Å²) in [6, 6.07) is 15.8. The van der Waals surface area contributed by atoms with Crippen molar-refractivity contribution in [1.82, 2.24) is 0 Å². The number of carbonyl (C=O) groups excluding carboxylic acids is 1. The lowest BCUT2D eigenvalue weighted by atomic mass is 10.00. The monoisotopic (exact) mass is 351 g/mol. The van der Waals surface area contributed by atoms with Gasteiger partial charge < -0.3 is 10.5 Å². The van der Waals surface area contributed by atoms with Gasteiger partial charge in [0.2, 0.25) is 5.91 Å². The van der Waals surface area contributed by atoms with Gasteiger partial charge in [0, 0.05) is 5.56 Å². The molecule has 0 saturated heterocycles. The Morgan fingerprint density at radius 1 is 1.12 bits per heavy atom. The lowest BCUT2D eigenvalue weighted by Crippen LogP contribution is -2.11. The molecule has 0 unspecified atom stereocenters. The summed E-state index contributed by atoms with van der Waals surface area (Å²) in [4.78, 5) is 15.7. The van der Waals surface area contributed by atoms with Crippen LogP contribution in [0.1, 0.15) is 30.0 Å². The van der Waals surface area contributed by atoms with Crippen LogP contribution in [0.15, 0.2) is 54.1 Å². The molecule has 0 spiro atoms. The number of carbonyl (C=O) groups is 1. The zero-order valence-electron chi connectivity index (χ0n) is 14.6. The van der Waals surface area contributed by atoms with E-state index in [0.717, 1.165) is 33.4 Å². The minimum absolute atomic E-state index is 0.0598. The van der Waals surface area contributed by atoms with Crippen molar-refractivity contribution in [2.75, 3.05) is 13.2 Å². The highest BCUT2D eigenvalue weighted by atomic mass is 17.1. The number of primary amides is 1. The normalized spacial score (nSPS) is 14.6. The molecule has 0 heterocycles. The van der Waals surface area contributed by atoms with Crippen molar-refractivity contribution >= 4 is 23.1 Å². The summed E-state index contributed by atoms with van der Waals surface area (Å²) in [6.07, 6.45) is 2.24. The quantitative estimate of drug-likeness (QED) is 0.452. The molecule has 0 saturated carbocycles. The maximum Gasteiger partial charge on any atom is 0.221 e. The Morgan fingerprint density at radius 2 is 1.88 bits per heavy atom. The highest BCUT2D eigenvalue weighted by Gasteiger charge is 2.27. The Labute approximate surface area is 152 Å². The molecule has 1 amide bonds. The van der Waals surface area contributed by atoms with Crippen molar-refractivity contribution < 1.29 is 19.7 Å². The third-order valence-corrected chi connectivity index (χ3v) is 4.37. The number of hydrogen-bond donors (Lipinski definition) is 2. The molecule has 3 N–H and O–H groups in total. The van der Waals surface area contributed by atoms with Crippen LogP contribution in [0.25, 0.3) is 17.2 Å². The second-order valence-corrected chi connectivity index (χ2v) is 6.08. The minimum atomic E-state index is -0.389. The number of hydrogen-bond acceptors (Lipinski definition) is 4. The largest absolute Gasteiger partial charge is 0.490 e. The van der Waals surface area contributed by atoms with E-state index in [0.29, 0.717) is 5.75 Å². The fraction of sp³-hybridized carbons (Fsp3) is 0.190. The average Bonchev–Trinajstić information content (AvgIpc) is 2.89. The van der Waals surface area contributed by atoms with Gasteiger partial charge in [0.1, 0.15) is 19.0 Å². The summed E-state index contributed by atoms with van der Waals surface area (Å²) in [7, 11) is 0. The number of amides is 1. The van der Waals surface area contributed by atoms with Gasteiger partial charge in [-0.25, -0.2) is 4.89 Å². The molecule has 3 rings (SSSR count). The van der Waals surface area contributed by atoms with Gasteiger partial charge in [-0.15, -0.1) is 0 Å². The van der Waals surface area contributed by atoms with E-state index in [1.807, 2.05) is 55.5 Å². The fourth-order valence-corrected chi connectivity index (χ4v) is 3.23. The fourth-order valence-electron chi connectivity index (χ4n) is 3.23. The highest BCUT2D eigenvalue weighted by molar-refractivity contribution is 6.09. The van der Waals surface area contributed by atoms with Crippen LogP contribution in [-0.4, -0.2) is 24.4 Å². The summed E-state index contributed by atoms with van der Waals surface area (Å²) in [5.74, 6) is 0.256. The van der Waals surface area contributed by atoms with E-state index < -0.39 is 0 Å². The first kappa shape index (κ1) is 17.9. The molecule has 2 aromatic rings. The summed E-state index contributed by atoms with van der Waals surface area (Å²) >= 11 is 0. The van der Waals surface area contributed by atoms with Gasteiger partial charge in [-0.2, -0.15) is 0 Å². The standard InChI is InChI=1S/C21H21NO4/c1-14-17(12-15-6-3-2-4-7-15)16-8-5-9-19(25-10-11-26-24)21(16)18(14)13-20(22)23/h2-9,12,24H,10-11,13H2,1H3,(H2,22,23)/b17-12-. The lowest BCUT2D eigenvalue weighted by molar-refractivity contribution is -0.245. The van der Waals surface area contributed by atoms with Crippen LogP contribution in [0.4, 0.5) is 0 Å². The summed E-state index contributed by atoms with van der Waals surface area (Å²) < 4.78 is 5.75. The molecule has 0 aromatic heterocycles. The van der Waals surface area contributed by atoms with Crippen LogP contribution >= 0.6 is 0 Å². The summed E-state index contributed by atoms with van der Waals surface area (Å²) in [5.41, 5.74) is 11.4. The SMILES string of the molecule is CC1=C(CC(N)=O)c2c(OCCOO)cccc2/C1=C\c1ccccc1. The van der Waals surface area contributed by atoms with E-state index in [-0.39, 0.29) is 25.5 Å². The molecular weight excluding hydrogens is 330 g/mol. The molecule has 134 valence electrons. The first-order chi connectivity index (χ1) is 12.6. The predicted octanol–water partition coefficient (Wildman–Crippen LogP) is 3.76. The number of benzene rings is 2. The van der Waals surface area contributed by atoms with E-state index in [1.54, 1.807) is 0 Å². The molecule has 2 aromatic carbocycles. The van der Waals surface area contributed by atoms with E-state index in [1.165, 1.54) is 0 Å². The maximum atomic E-state index is 11.6. The van der Waals surface area contributed by atoms with E-state index in [2.05, 4.69) is 11.0 Å². The number of fused-ring (bicyclic) bond motifs is 1. The topological polar surface area (TPSA) is 81.8 Å². The molecule has 0 fully saturated rings. The van der Waals surface area contributed by atoms with Crippen molar-refractivity contribution in [3.05, 3.63) is 70.8 Å². The van der Waals surface area contributed by atoms with Crippen molar-refractivity contribution in [3.63, 3.8) is 0 Å². The van der Waals surface area contributed by atoms with Crippen molar-refractivity contribution in [2.24, 2.45) is 5.73 Å². The third-order valence-electron chi connectivity index (χ3n) is 4.37. The highest BCUT2D eigenvalue weighted by Crippen LogP contribution is 2.47. The average molecular weight is 351 g/mol. The number of ether oxygens (including phenoxy) is 1. The Hall–Kier alpha value is -2.89. The molecule has 26 heavy (non-hydrogen) atoms. The molecular formula is C21H21NO4. The van der Waals surface area contributed by atoms with Crippen LogP contribution in [-0.2, 0) is 9.68 Å². The smallest absolute Gasteiger partial charge is 0.221 e. The predicted molar refractivity (Wildman–Crippen MR) is 101 cm³/mol. The maximum absolute atomic E-state index is 11.6. The van der Waals surface area contributed by atoms with Crippen LogP contribution in [0.2, 0.25) is 0 Å². The van der Waals surface area contributed by atoms with Gasteiger partial charge in [-0.1, -0.05) is 42.5 Å². The van der Waals surface area contributed by atoms with E-state index >= 15 is 0 Å².